The van der Waals surface area contributed by atoms with Gasteiger partial charge >= 0.3 is 6.09 Å². The molecular weight excluding hydrogens is 332 g/mol. The van der Waals surface area contributed by atoms with E-state index in [1.54, 1.807) is 16.7 Å². The number of fused-ring (bicyclic) bond motifs is 1. The molecule has 0 spiro atoms. The predicted octanol–water partition coefficient (Wildman–Crippen LogP) is 3.06. The van der Waals surface area contributed by atoms with Gasteiger partial charge in [-0.3, -0.25) is 9.58 Å². The molecule has 0 saturated heterocycles. The summed E-state index contributed by atoms with van der Waals surface area (Å²) in [5, 5.41) is 13.8. The van der Waals surface area contributed by atoms with Crippen LogP contribution in [0.4, 0.5) is 4.79 Å². The largest absolute Gasteiger partial charge is 0.497 e. The lowest BCUT2D eigenvalue weighted by Crippen LogP contribution is -2.33. The monoisotopic (exact) mass is 354 g/mol. The summed E-state index contributed by atoms with van der Waals surface area (Å²) in [4.78, 5) is 13.9. The smallest absolute Gasteiger partial charge is 0.410 e. The maximum absolute atomic E-state index is 12.3. The SMILES string of the molecule is COc1ccc(Cn2nc(C#N)c3c2CN(C(=O)OC(C)(C)C)C3)cc1. The Morgan fingerprint density at radius 3 is 2.54 bits per heavy atom. The van der Waals surface area contributed by atoms with Crippen molar-refractivity contribution < 1.29 is 14.3 Å². The highest BCUT2D eigenvalue weighted by Crippen LogP contribution is 2.28. The molecule has 7 heteroatoms. The van der Waals surface area contributed by atoms with Gasteiger partial charge in [-0.25, -0.2) is 4.79 Å². The Morgan fingerprint density at radius 1 is 1.27 bits per heavy atom. The summed E-state index contributed by atoms with van der Waals surface area (Å²) in [6.07, 6.45) is -0.381. The highest BCUT2D eigenvalue weighted by atomic mass is 16.6. The maximum Gasteiger partial charge on any atom is 0.410 e. The molecule has 26 heavy (non-hydrogen) atoms. The van der Waals surface area contributed by atoms with Crippen LogP contribution in [0.15, 0.2) is 24.3 Å². The molecule has 1 aliphatic heterocycles. The Balaban J connectivity index is 1.81. The number of rotatable bonds is 3. The third-order valence-corrected chi connectivity index (χ3v) is 4.11. The summed E-state index contributed by atoms with van der Waals surface area (Å²) < 4.78 is 12.4. The van der Waals surface area contributed by atoms with E-state index in [4.69, 9.17) is 9.47 Å². The molecule has 0 atom stereocenters. The summed E-state index contributed by atoms with van der Waals surface area (Å²) in [7, 11) is 1.62. The molecule has 1 amide bonds. The highest BCUT2D eigenvalue weighted by Gasteiger charge is 2.33. The van der Waals surface area contributed by atoms with E-state index in [-0.39, 0.29) is 6.09 Å². The van der Waals surface area contributed by atoms with Gasteiger partial charge in [0, 0.05) is 5.56 Å². The minimum absolute atomic E-state index is 0.343. The van der Waals surface area contributed by atoms with Crippen molar-refractivity contribution in [1.82, 2.24) is 14.7 Å². The molecular formula is C19H22N4O3. The molecule has 1 aromatic carbocycles. The quantitative estimate of drug-likeness (QED) is 0.846. The summed E-state index contributed by atoms with van der Waals surface area (Å²) in [5.41, 5.74) is 2.52. The van der Waals surface area contributed by atoms with E-state index in [0.29, 0.717) is 25.3 Å². The second kappa shape index (κ2) is 6.71. The first-order chi connectivity index (χ1) is 12.3. The molecule has 0 unspecified atom stereocenters. The fourth-order valence-corrected chi connectivity index (χ4v) is 2.88. The lowest BCUT2D eigenvalue weighted by Gasteiger charge is -2.24. The Morgan fingerprint density at radius 2 is 1.96 bits per heavy atom. The number of hydrogen-bond acceptors (Lipinski definition) is 5. The summed E-state index contributed by atoms with van der Waals surface area (Å²) in [6, 6.07) is 9.82. The number of aromatic nitrogens is 2. The molecule has 136 valence electrons. The Kier molecular flexibility index (Phi) is 4.60. The fourth-order valence-electron chi connectivity index (χ4n) is 2.88. The van der Waals surface area contributed by atoms with Gasteiger partial charge in [-0.05, 0) is 38.5 Å². The number of methoxy groups -OCH3 is 1. The molecule has 3 rings (SSSR count). The van der Waals surface area contributed by atoms with Crippen LogP contribution in [0, 0.1) is 11.3 Å². The van der Waals surface area contributed by atoms with Crippen molar-refractivity contribution in [3.63, 3.8) is 0 Å². The topological polar surface area (TPSA) is 80.4 Å². The van der Waals surface area contributed by atoms with Gasteiger partial charge < -0.3 is 9.47 Å². The lowest BCUT2D eigenvalue weighted by atomic mass is 10.2. The van der Waals surface area contributed by atoms with Crippen molar-refractivity contribution in [3.8, 4) is 11.8 Å². The second-order valence-electron chi connectivity index (χ2n) is 7.23. The van der Waals surface area contributed by atoms with E-state index < -0.39 is 5.60 Å². The number of carbonyl (C=O) groups is 1. The molecule has 0 bridgehead atoms. The fraction of sp³-hybridized carbons (Fsp3) is 0.421. The first-order valence-corrected chi connectivity index (χ1v) is 8.40. The van der Waals surface area contributed by atoms with Crippen molar-refractivity contribution >= 4 is 6.09 Å². The van der Waals surface area contributed by atoms with E-state index in [9.17, 15) is 10.1 Å². The number of hydrogen-bond donors (Lipinski definition) is 0. The third-order valence-electron chi connectivity index (χ3n) is 4.11. The van der Waals surface area contributed by atoms with Crippen LogP contribution in [0.3, 0.4) is 0 Å². The average Bonchev–Trinajstić information content (AvgIpc) is 3.14. The van der Waals surface area contributed by atoms with Crippen molar-refractivity contribution in [2.75, 3.05) is 7.11 Å². The molecule has 7 nitrogen and oxygen atoms in total. The molecule has 0 aliphatic carbocycles. The first-order valence-electron chi connectivity index (χ1n) is 8.40. The zero-order valence-electron chi connectivity index (χ0n) is 15.4. The Bertz CT molecular complexity index is 857. The van der Waals surface area contributed by atoms with Crippen LogP contribution in [0.2, 0.25) is 0 Å². The standard InChI is InChI=1S/C19H22N4O3/c1-19(2,3)26-18(24)22-11-15-16(9-20)21-23(17(15)12-22)10-13-5-7-14(25-4)8-6-13/h5-8H,10-12H2,1-4H3. The predicted molar refractivity (Wildman–Crippen MR) is 94.5 cm³/mol. The van der Waals surface area contributed by atoms with Gasteiger partial charge in [-0.1, -0.05) is 12.1 Å². The Labute approximate surface area is 152 Å². The summed E-state index contributed by atoms with van der Waals surface area (Å²) in [5.74, 6) is 0.785. The van der Waals surface area contributed by atoms with Gasteiger partial charge in [0.1, 0.15) is 17.4 Å². The van der Waals surface area contributed by atoms with Crippen LogP contribution >= 0.6 is 0 Å². The van der Waals surface area contributed by atoms with E-state index in [1.165, 1.54) is 0 Å². The van der Waals surface area contributed by atoms with Crippen LogP contribution in [0.25, 0.3) is 0 Å². The van der Waals surface area contributed by atoms with E-state index in [0.717, 1.165) is 22.6 Å². The summed E-state index contributed by atoms with van der Waals surface area (Å²) in [6.45, 7) is 6.75. The molecule has 0 radical (unpaired) electrons. The van der Waals surface area contributed by atoms with Crippen molar-refractivity contribution in [3.05, 3.63) is 46.8 Å². The molecule has 2 aromatic rings. The minimum Gasteiger partial charge on any atom is -0.497 e. The normalized spacial score (nSPS) is 13.3. The molecule has 0 saturated carbocycles. The zero-order valence-corrected chi connectivity index (χ0v) is 15.4. The van der Waals surface area contributed by atoms with Gasteiger partial charge in [-0.2, -0.15) is 10.4 Å². The van der Waals surface area contributed by atoms with Crippen LogP contribution in [0.5, 0.6) is 5.75 Å². The molecule has 1 aliphatic rings. The molecule has 2 heterocycles. The molecule has 1 aromatic heterocycles. The van der Waals surface area contributed by atoms with E-state index in [1.807, 2.05) is 45.0 Å². The minimum atomic E-state index is -0.557. The number of nitriles is 1. The van der Waals surface area contributed by atoms with Crippen LogP contribution in [-0.2, 0) is 24.4 Å². The van der Waals surface area contributed by atoms with Crippen molar-refractivity contribution in [1.29, 1.82) is 5.26 Å². The summed E-state index contributed by atoms with van der Waals surface area (Å²) >= 11 is 0. The number of ether oxygens (including phenoxy) is 2. The number of carbonyl (C=O) groups excluding carboxylic acids is 1. The van der Waals surface area contributed by atoms with Gasteiger partial charge in [0.2, 0.25) is 0 Å². The van der Waals surface area contributed by atoms with E-state index in [2.05, 4.69) is 11.2 Å². The van der Waals surface area contributed by atoms with Crippen LogP contribution in [0.1, 0.15) is 43.3 Å². The van der Waals surface area contributed by atoms with E-state index >= 15 is 0 Å². The highest BCUT2D eigenvalue weighted by molar-refractivity contribution is 5.69. The number of nitrogens with zero attached hydrogens (tertiary/aromatic N) is 4. The average molecular weight is 354 g/mol. The van der Waals surface area contributed by atoms with Crippen molar-refractivity contribution in [2.45, 2.75) is 46.0 Å². The van der Waals surface area contributed by atoms with Gasteiger partial charge in [-0.15, -0.1) is 0 Å². The van der Waals surface area contributed by atoms with Crippen LogP contribution in [-0.4, -0.2) is 33.5 Å². The number of benzene rings is 1. The molecule has 0 fully saturated rings. The van der Waals surface area contributed by atoms with Gasteiger partial charge in [0.25, 0.3) is 0 Å². The zero-order chi connectivity index (χ0) is 18.9. The third kappa shape index (κ3) is 3.64. The van der Waals surface area contributed by atoms with Crippen molar-refractivity contribution in [2.24, 2.45) is 0 Å². The lowest BCUT2D eigenvalue weighted by molar-refractivity contribution is 0.0238. The first kappa shape index (κ1) is 17.8. The van der Waals surface area contributed by atoms with Gasteiger partial charge in [0.05, 0.1) is 32.4 Å². The maximum atomic E-state index is 12.3. The second-order valence-corrected chi connectivity index (χ2v) is 7.23. The molecule has 0 N–H and O–H groups in total. The number of amides is 1. The Hall–Kier alpha value is -3.01. The van der Waals surface area contributed by atoms with Gasteiger partial charge in [0.15, 0.2) is 5.69 Å². The van der Waals surface area contributed by atoms with Crippen LogP contribution < -0.4 is 4.74 Å².